The maximum Gasteiger partial charge on any atom is 0.263 e. The number of sulfonamides is 1. The van der Waals surface area contributed by atoms with Crippen molar-refractivity contribution in [1.82, 2.24) is 5.32 Å². The lowest BCUT2D eigenvalue weighted by Gasteiger charge is -2.07. The van der Waals surface area contributed by atoms with Crippen LogP contribution in [0.4, 0.5) is 5.69 Å². The second kappa shape index (κ2) is 5.74. The van der Waals surface area contributed by atoms with E-state index >= 15 is 0 Å². The summed E-state index contributed by atoms with van der Waals surface area (Å²) in [6.45, 7) is 1.64. The lowest BCUT2D eigenvalue weighted by atomic mass is 10.3. The molecule has 2 rings (SSSR count). The molecule has 0 aliphatic heterocycles. The van der Waals surface area contributed by atoms with E-state index in [0.717, 1.165) is 11.3 Å². The highest BCUT2D eigenvalue weighted by Gasteiger charge is 2.22. The minimum atomic E-state index is -3.78. The van der Waals surface area contributed by atoms with Crippen LogP contribution in [0.5, 0.6) is 5.75 Å². The largest absolute Gasteiger partial charge is 0.508 e. The third-order valence-corrected chi connectivity index (χ3v) is 5.42. The number of benzene rings is 1. The minimum absolute atomic E-state index is 0.0477. The molecule has 0 unspecified atom stereocenters. The molecule has 6 nitrogen and oxygen atoms in total. The van der Waals surface area contributed by atoms with Crippen LogP contribution in [-0.2, 0) is 10.0 Å². The van der Waals surface area contributed by atoms with Crippen molar-refractivity contribution in [2.75, 3.05) is 11.8 Å². The first-order chi connectivity index (χ1) is 9.83. The molecule has 21 heavy (non-hydrogen) atoms. The van der Waals surface area contributed by atoms with Crippen LogP contribution in [-0.4, -0.2) is 26.5 Å². The fraction of sp³-hybridized carbons (Fsp3) is 0.154. The summed E-state index contributed by atoms with van der Waals surface area (Å²) in [7, 11) is -2.29. The molecule has 0 fully saturated rings. The number of aromatic hydroxyl groups is 1. The standard InChI is InChI=1S/C13H14N2O4S2/c1-8-12(7-11(20-8)13(17)14-2)21(18,19)15-9-3-5-10(16)6-4-9/h3-7,15-16H,1-2H3,(H,14,17). The zero-order chi connectivity index (χ0) is 15.6. The van der Waals surface area contributed by atoms with Gasteiger partial charge in [0, 0.05) is 17.6 Å². The first-order valence-electron chi connectivity index (χ1n) is 5.98. The van der Waals surface area contributed by atoms with Crippen LogP contribution in [0.1, 0.15) is 14.5 Å². The molecule has 2 aromatic rings. The summed E-state index contributed by atoms with van der Waals surface area (Å²) in [5.74, 6) is -0.277. The molecular formula is C13H14N2O4S2. The summed E-state index contributed by atoms with van der Waals surface area (Å²) in [6, 6.07) is 7.02. The summed E-state index contributed by atoms with van der Waals surface area (Å²) >= 11 is 1.12. The summed E-state index contributed by atoms with van der Waals surface area (Å²) < 4.78 is 27.1. The molecule has 1 heterocycles. The number of anilines is 1. The van der Waals surface area contributed by atoms with Crippen molar-refractivity contribution < 1.29 is 18.3 Å². The van der Waals surface area contributed by atoms with Crippen molar-refractivity contribution in [3.8, 4) is 5.75 Å². The molecule has 8 heteroatoms. The minimum Gasteiger partial charge on any atom is -0.508 e. The van der Waals surface area contributed by atoms with Gasteiger partial charge in [-0.25, -0.2) is 8.42 Å². The SMILES string of the molecule is CNC(=O)c1cc(S(=O)(=O)Nc2ccc(O)cc2)c(C)s1. The van der Waals surface area contributed by atoms with Crippen LogP contribution in [0.25, 0.3) is 0 Å². The van der Waals surface area contributed by atoms with Crippen LogP contribution < -0.4 is 10.0 Å². The first kappa shape index (κ1) is 15.3. The van der Waals surface area contributed by atoms with Crippen molar-refractivity contribution in [3.63, 3.8) is 0 Å². The predicted molar refractivity (Wildman–Crippen MR) is 81.4 cm³/mol. The van der Waals surface area contributed by atoms with Crippen LogP contribution in [0.15, 0.2) is 35.2 Å². The quantitative estimate of drug-likeness (QED) is 0.748. The lowest BCUT2D eigenvalue weighted by molar-refractivity contribution is 0.0967. The molecule has 1 aromatic carbocycles. The molecule has 0 spiro atoms. The fourth-order valence-corrected chi connectivity index (χ4v) is 4.30. The molecule has 1 aromatic heterocycles. The van der Waals surface area contributed by atoms with E-state index in [1.54, 1.807) is 6.92 Å². The highest BCUT2D eigenvalue weighted by atomic mass is 32.2. The van der Waals surface area contributed by atoms with Gasteiger partial charge in [-0.2, -0.15) is 0 Å². The zero-order valence-electron chi connectivity index (χ0n) is 11.4. The number of aryl methyl sites for hydroxylation is 1. The summed E-state index contributed by atoms with van der Waals surface area (Å²) in [6.07, 6.45) is 0. The molecule has 0 saturated carbocycles. The number of phenolic OH excluding ortho intramolecular Hbond substituents is 1. The second-order valence-electron chi connectivity index (χ2n) is 4.26. The molecule has 0 aliphatic rings. The van der Waals surface area contributed by atoms with Gasteiger partial charge in [-0.15, -0.1) is 11.3 Å². The van der Waals surface area contributed by atoms with Crippen LogP contribution >= 0.6 is 11.3 Å². The van der Waals surface area contributed by atoms with Crippen molar-refractivity contribution in [2.24, 2.45) is 0 Å². The topological polar surface area (TPSA) is 95.5 Å². The summed E-state index contributed by atoms with van der Waals surface area (Å²) in [5.41, 5.74) is 0.333. The molecule has 112 valence electrons. The molecule has 0 radical (unpaired) electrons. The number of amides is 1. The number of carbonyl (C=O) groups is 1. The smallest absolute Gasteiger partial charge is 0.263 e. The van der Waals surface area contributed by atoms with Gasteiger partial charge in [0.05, 0.1) is 4.88 Å². The maximum atomic E-state index is 12.3. The van der Waals surface area contributed by atoms with Crippen molar-refractivity contribution >= 4 is 33.0 Å². The number of thiophene rings is 1. The summed E-state index contributed by atoms with van der Waals surface area (Å²) in [5, 5.41) is 11.6. The summed E-state index contributed by atoms with van der Waals surface area (Å²) in [4.78, 5) is 12.5. The van der Waals surface area contributed by atoms with E-state index in [1.165, 1.54) is 37.4 Å². The van der Waals surface area contributed by atoms with E-state index in [1.807, 2.05) is 0 Å². The predicted octanol–water partition coefficient (Wildman–Crippen LogP) is 1.92. The van der Waals surface area contributed by atoms with Gasteiger partial charge in [-0.05, 0) is 37.3 Å². The fourth-order valence-electron chi connectivity index (χ4n) is 1.71. The molecular weight excluding hydrogens is 312 g/mol. The average Bonchev–Trinajstić information content (AvgIpc) is 2.83. The Hall–Kier alpha value is -2.06. The van der Waals surface area contributed by atoms with E-state index in [9.17, 15) is 18.3 Å². The molecule has 3 N–H and O–H groups in total. The molecule has 1 amide bonds. The van der Waals surface area contributed by atoms with Crippen LogP contribution in [0.2, 0.25) is 0 Å². The third-order valence-electron chi connectivity index (χ3n) is 2.73. The van der Waals surface area contributed by atoms with Gasteiger partial charge < -0.3 is 10.4 Å². The molecule has 0 saturated heterocycles. The van der Waals surface area contributed by atoms with Gasteiger partial charge in [0.25, 0.3) is 15.9 Å². The van der Waals surface area contributed by atoms with Crippen molar-refractivity contribution in [2.45, 2.75) is 11.8 Å². The van der Waals surface area contributed by atoms with Gasteiger partial charge in [0.2, 0.25) is 0 Å². The number of carbonyl (C=O) groups excluding carboxylic acids is 1. The molecule has 0 atom stereocenters. The Balaban J connectivity index is 2.33. The van der Waals surface area contributed by atoms with E-state index in [0.29, 0.717) is 15.4 Å². The van der Waals surface area contributed by atoms with Crippen LogP contribution in [0.3, 0.4) is 0 Å². The first-order valence-corrected chi connectivity index (χ1v) is 8.28. The Bertz CT molecular complexity index is 764. The number of rotatable bonds is 4. The zero-order valence-corrected chi connectivity index (χ0v) is 13.0. The van der Waals surface area contributed by atoms with E-state index in [4.69, 9.17) is 0 Å². The maximum absolute atomic E-state index is 12.3. The van der Waals surface area contributed by atoms with E-state index in [2.05, 4.69) is 10.0 Å². The Kier molecular flexibility index (Phi) is 4.19. The van der Waals surface area contributed by atoms with E-state index < -0.39 is 10.0 Å². The second-order valence-corrected chi connectivity index (χ2v) is 7.17. The monoisotopic (exact) mass is 326 g/mol. The van der Waals surface area contributed by atoms with Crippen LogP contribution in [0, 0.1) is 6.92 Å². The Morgan fingerprint density at radius 3 is 2.43 bits per heavy atom. The highest BCUT2D eigenvalue weighted by molar-refractivity contribution is 7.93. The van der Waals surface area contributed by atoms with E-state index in [-0.39, 0.29) is 16.6 Å². The van der Waals surface area contributed by atoms with Gasteiger partial charge >= 0.3 is 0 Å². The normalized spacial score (nSPS) is 11.1. The molecule has 0 aliphatic carbocycles. The number of phenols is 1. The van der Waals surface area contributed by atoms with Gasteiger partial charge in [-0.1, -0.05) is 0 Å². The molecule has 0 bridgehead atoms. The van der Waals surface area contributed by atoms with Crippen molar-refractivity contribution in [3.05, 3.63) is 40.1 Å². The Labute approximate surface area is 126 Å². The van der Waals surface area contributed by atoms with Gasteiger partial charge in [0.1, 0.15) is 10.6 Å². The van der Waals surface area contributed by atoms with Crippen molar-refractivity contribution in [1.29, 1.82) is 0 Å². The Morgan fingerprint density at radius 1 is 1.24 bits per heavy atom. The average molecular weight is 326 g/mol. The number of hydrogen-bond acceptors (Lipinski definition) is 5. The van der Waals surface area contributed by atoms with Gasteiger partial charge in [-0.3, -0.25) is 9.52 Å². The highest BCUT2D eigenvalue weighted by Crippen LogP contribution is 2.27. The lowest BCUT2D eigenvalue weighted by Crippen LogP contribution is -2.16. The Morgan fingerprint density at radius 2 is 1.86 bits per heavy atom. The number of nitrogens with one attached hydrogen (secondary N) is 2. The third kappa shape index (κ3) is 3.34. The van der Waals surface area contributed by atoms with Gasteiger partial charge in [0.15, 0.2) is 0 Å². The number of hydrogen-bond donors (Lipinski definition) is 3.